The van der Waals surface area contributed by atoms with Crippen molar-refractivity contribution in [3.63, 3.8) is 0 Å². The van der Waals surface area contributed by atoms with Gasteiger partial charge in [-0.25, -0.2) is 9.50 Å². The van der Waals surface area contributed by atoms with Gasteiger partial charge in [0.15, 0.2) is 0 Å². The number of hydrogen-bond donors (Lipinski definition) is 0. The van der Waals surface area contributed by atoms with Crippen molar-refractivity contribution in [3.8, 4) is 0 Å². The maximum Gasteiger partial charge on any atom is 0.132 e. The predicted octanol–water partition coefficient (Wildman–Crippen LogP) is 1.56. The molecule has 0 heterocycles. The standard InChI is InChI=1S/C6H10FO/c1-6(8,4-7)5-2-3-5/h5H,2-4H2,1H3. The van der Waals surface area contributed by atoms with Crippen molar-refractivity contribution in [2.75, 3.05) is 6.67 Å². The normalized spacial score (nSPS) is 27.4. The average Bonchev–Trinajstić information content (AvgIpc) is 2.44. The first-order valence-corrected chi connectivity index (χ1v) is 2.93. The van der Waals surface area contributed by atoms with E-state index in [1.165, 1.54) is 6.92 Å². The van der Waals surface area contributed by atoms with E-state index in [1.807, 2.05) is 0 Å². The molecule has 1 radical (unpaired) electrons. The highest BCUT2D eigenvalue weighted by atomic mass is 19.1. The second kappa shape index (κ2) is 1.69. The molecule has 47 valence electrons. The Hall–Kier alpha value is -0.110. The molecule has 0 N–H and O–H groups in total. The Labute approximate surface area is 48.5 Å². The van der Waals surface area contributed by atoms with E-state index in [2.05, 4.69) is 0 Å². The van der Waals surface area contributed by atoms with Crippen molar-refractivity contribution in [2.45, 2.75) is 25.4 Å². The van der Waals surface area contributed by atoms with Crippen molar-refractivity contribution >= 4 is 0 Å². The van der Waals surface area contributed by atoms with E-state index in [9.17, 15) is 9.50 Å². The molecular formula is C6H10FO. The van der Waals surface area contributed by atoms with Gasteiger partial charge >= 0.3 is 0 Å². The molecule has 1 saturated carbocycles. The topological polar surface area (TPSA) is 19.9 Å². The molecule has 1 fully saturated rings. The van der Waals surface area contributed by atoms with Crippen LogP contribution in [0, 0.1) is 5.92 Å². The van der Waals surface area contributed by atoms with Crippen LogP contribution < -0.4 is 0 Å². The third-order valence-corrected chi connectivity index (χ3v) is 1.71. The molecule has 0 aromatic rings. The van der Waals surface area contributed by atoms with E-state index < -0.39 is 12.3 Å². The summed E-state index contributed by atoms with van der Waals surface area (Å²) in [4.78, 5) is 0. The Kier molecular flexibility index (Phi) is 1.27. The van der Waals surface area contributed by atoms with Crippen LogP contribution in [0.25, 0.3) is 0 Å². The summed E-state index contributed by atoms with van der Waals surface area (Å²) in [5, 5.41) is 10.9. The largest absolute Gasteiger partial charge is 0.248 e. The fourth-order valence-electron chi connectivity index (χ4n) is 0.803. The van der Waals surface area contributed by atoms with E-state index >= 15 is 0 Å². The Bertz CT molecular complexity index is 86.5. The molecule has 0 bridgehead atoms. The maximum atomic E-state index is 11.7. The monoisotopic (exact) mass is 117 g/mol. The van der Waals surface area contributed by atoms with Crippen molar-refractivity contribution in [3.05, 3.63) is 0 Å². The first kappa shape index (κ1) is 6.02. The minimum atomic E-state index is -1.26. The van der Waals surface area contributed by atoms with E-state index in [0.717, 1.165) is 12.8 Å². The fourth-order valence-corrected chi connectivity index (χ4v) is 0.803. The highest BCUT2D eigenvalue weighted by Crippen LogP contribution is 2.39. The van der Waals surface area contributed by atoms with Gasteiger partial charge in [0.1, 0.15) is 12.3 Å². The molecule has 1 aliphatic carbocycles. The summed E-state index contributed by atoms with van der Waals surface area (Å²) in [6, 6.07) is 0. The Balaban J connectivity index is 2.37. The summed E-state index contributed by atoms with van der Waals surface area (Å²) in [5.74, 6) is 0.132. The number of hydrogen-bond acceptors (Lipinski definition) is 0. The molecule has 1 nitrogen and oxygen atoms in total. The van der Waals surface area contributed by atoms with Gasteiger partial charge in [-0.1, -0.05) is 0 Å². The molecule has 0 spiro atoms. The summed E-state index contributed by atoms with van der Waals surface area (Å²) in [6.45, 7) is 0.738. The molecular weight excluding hydrogens is 107 g/mol. The Morgan fingerprint density at radius 3 is 2.38 bits per heavy atom. The maximum absolute atomic E-state index is 11.7. The summed E-state index contributed by atoms with van der Waals surface area (Å²) >= 11 is 0. The second-order valence-corrected chi connectivity index (χ2v) is 2.72. The molecule has 0 saturated heterocycles. The van der Waals surface area contributed by atoms with Crippen LogP contribution in [-0.4, -0.2) is 12.3 Å². The molecule has 1 aliphatic rings. The molecule has 1 atom stereocenters. The third-order valence-electron chi connectivity index (χ3n) is 1.71. The minimum absolute atomic E-state index is 0.132. The van der Waals surface area contributed by atoms with Crippen LogP contribution in [-0.2, 0) is 5.11 Å². The SMILES string of the molecule is CC([O])(CF)C1CC1. The van der Waals surface area contributed by atoms with Gasteiger partial charge in [-0.15, -0.1) is 0 Å². The zero-order valence-corrected chi connectivity index (χ0v) is 4.98. The lowest BCUT2D eigenvalue weighted by Crippen LogP contribution is -2.27. The lowest BCUT2D eigenvalue weighted by Gasteiger charge is -2.13. The van der Waals surface area contributed by atoms with Gasteiger partial charge < -0.3 is 0 Å². The molecule has 0 amide bonds. The van der Waals surface area contributed by atoms with Gasteiger partial charge in [0, 0.05) is 0 Å². The average molecular weight is 117 g/mol. The number of rotatable bonds is 2. The molecule has 0 aromatic heterocycles. The molecule has 0 aromatic carbocycles. The lowest BCUT2D eigenvalue weighted by atomic mass is 10.0. The summed E-state index contributed by atoms with van der Waals surface area (Å²) in [6.07, 6.45) is 1.87. The lowest BCUT2D eigenvalue weighted by molar-refractivity contribution is -0.0503. The van der Waals surface area contributed by atoms with Gasteiger partial charge in [-0.3, -0.25) is 0 Å². The van der Waals surface area contributed by atoms with Gasteiger partial charge in [-0.05, 0) is 25.7 Å². The number of halogens is 1. The molecule has 0 aliphatic heterocycles. The summed E-state index contributed by atoms with van der Waals surface area (Å²) in [5.41, 5.74) is -1.26. The van der Waals surface area contributed by atoms with Gasteiger partial charge in [-0.2, -0.15) is 0 Å². The first-order chi connectivity index (χ1) is 3.67. The van der Waals surface area contributed by atoms with Crippen LogP contribution in [0.2, 0.25) is 0 Å². The van der Waals surface area contributed by atoms with Gasteiger partial charge in [0.25, 0.3) is 0 Å². The Morgan fingerprint density at radius 1 is 1.75 bits per heavy atom. The fraction of sp³-hybridized carbons (Fsp3) is 1.00. The van der Waals surface area contributed by atoms with E-state index in [-0.39, 0.29) is 5.92 Å². The van der Waals surface area contributed by atoms with Gasteiger partial charge in [0.05, 0.1) is 0 Å². The molecule has 1 rings (SSSR count). The predicted molar refractivity (Wildman–Crippen MR) is 27.8 cm³/mol. The van der Waals surface area contributed by atoms with E-state index in [1.54, 1.807) is 0 Å². The van der Waals surface area contributed by atoms with Gasteiger partial charge in [0.2, 0.25) is 0 Å². The quantitative estimate of drug-likeness (QED) is 0.523. The minimum Gasteiger partial charge on any atom is -0.248 e. The number of alkyl halides is 1. The van der Waals surface area contributed by atoms with E-state index in [4.69, 9.17) is 0 Å². The second-order valence-electron chi connectivity index (χ2n) is 2.72. The highest BCUT2D eigenvalue weighted by molar-refractivity contribution is 4.90. The van der Waals surface area contributed by atoms with Crippen LogP contribution >= 0.6 is 0 Å². The van der Waals surface area contributed by atoms with E-state index in [0.29, 0.717) is 0 Å². The van der Waals surface area contributed by atoms with Crippen molar-refractivity contribution < 1.29 is 9.50 Å². The van der Waals surface area contributed by atoms with Crippen LogP contribution in [0.3, 0.4) is 0 Å². The molecule has 1 unspecified atom stereocenters. The molecule has 8 heavy (non-hydrogen) atoms. The van der Waals surface area contributed by atoms with Crippen LogP contribution in [0.4, 0.5) is 4.39 Å². The molecule has 2 heteroatoms. The van der Waals surface area contributed by atoms with Crippen molar-refractivity contribution in [2.24, 2.45) is 5.92 Å². The summed E-state index contributed by atoms with van der Waals surface area (Å²) < 4.78 is 11.7. The van der Waals surface area contributed by atoms with Crippen LogP contribution in [0.5, 0.6) is 0 Å². The van der Waals surface area contributed by atoms with Crippen LogP contribution in [0.15, 0.2) is 0 Å². The zero-order chi connectivity index (χ0) is 6.20. The zero-order valence-electron chi connectivity index (χ0n) is 4.98. The van der Waals surface area contributed by atoms with Crippen molar-refractivity contribution in [1.29, 1.82) is 0 Å². The third kappa shape index (κ3) is 0.996. The van der Waals surface area contributed by atoms with Crippen LogP contribution in [0.1, 0.15) is 19.8 Å². The first-order valence-electron chi connectivity index (χ1n) is 2.93. The summed E-state index contributed by atoms with van der Waals surface area (Å²) in [7, 11) is 0. The highest BCUT2D eigenvalue weighted by Gasteiger charge is 2.41. The Morgan fingerprint density at radius 2 is 2.25 bits per heavy atom. The van der Waals surface area contributed by atoms with Crippen molar-refractivity contribution in [1.82, 2.24) is 0 Å². The smallest absolute Gasteiger partial charge is 0.132 e.